The number of likely N-dealkylation sites (N-methyl/N-ethyl adjacent to an activating group) is 2. The van der Waals surface area contributed by atoms with E-state index in [0.29, 0.717) is 30.9 Å². The second kappa shape index (κ2) is 8.85. The molecule has 2 atom stereocenters. The van der Waals surface area contributed by atoms with Gasteiger partial charge in [0.15, 0.2) is 0 Å². The number of amides is 1. The minimum atomic E-state index is -0.362. The third-order valence-electron chi connectivity index (χ3n) is 5.90. The maximum Gasteiger partial charge on any atom is 0.249 e. The molecule has 1 fully saturated rings. The fourth-order valence-corrected chi connectivity index (χ4v) is 4.26. The number of anilines is 2. The highest BCUT2D eigenvalue weighted by Gasteiger charge is 2.41. The summed E-state index contributed by atoms with van der Waals surface area (Å²) in [5, 5.41) is 9.79. The van der Waals surface area contributed by atoms with Crippen LogP contribution in [0.4, 0.5) is 11.5 Å². The van der Waals surface area contributed by atoms with Crippen LogP contribution < -0.4 is 9.80 Å². The third kappa shape index (κ3) is 4.17. The molecule has 0 bridgehead atoms. The maximum atomic E-state index is 13.8. The summed E-state index contributed by atoms with van der Waals surface area (Å²) in [6.45, 7) is 9.14. The van der Waals surface area contributed by atoms with Crippen LogP contribution in [0.5, 0.6) is 0 Å². The minimum Gasteiger partial charge on any atom is -0.342 e. The fourth-order valence-electron chi connectivity index (χ4n) is 4.26. The molecule has 1 amide bonds. The monoisotopic (exact) mass is 405 g/mol. The number of hydrogen-bond donors (Lipinski definition) is 0. The molecule has 158 valence electrons. The van der Waals surface area contributed by atoms with Gasteiger partial charge in [-0.2, -0.15) is 5.26 Å². The number of carbonyl (C=O) groups excluding carboxylic acids is 1. The highest BCUT2D eigenvalue weighted by Crippen LogP contribution is 2.32. The second-order valence-corrected chi connectivity index (χ2v) is 8.33. The van der Waals surface area contributed by atoms with Crippen molar-refractivity contribution < 1.29 is 4.79 Å². The van der Waals surface area contributed by atoms with Gasteiger partial charge < -0.3 is 14.7 Å². The summed E-state index contributed by atoms with van der Waals surface area (Å²) in [6, 6.07) is 12.1. The summed E-state index contributed by atoms with van der Waals surface area (Å²) >= 11 is 0. The van der Waals surface area contributed by atoms with Crippen LogP contribution in [0.25, 0.3) is 0 Å². The Morgan fingerprint density at radius 2 is 2.00 bits per heavy atom. The topological polar surface area (TPSA) is 63.5 Å². The van der Waals surface area contributed by atoms with Crippen molar-refractivity contribution in [3.8, 4) is 6.07 Å². The molecule has 30 heavy (non-hydrogen) atoms. The summed E-state index contributed by atoms with van der Waals surface area (Å²) < 4.78 is 0. The highest BCUT2D eigenvalue weighted by atomic mass is 16.2. The largest absolute Gasteiger partial charge is 0.342 e. The predicted octanol–water partition coefficient (Wildman–Crippen LogP) is 3.44. The van der Waals surface area contributed by atoms with E-state index in [1.165, 1.54) is 0 Å². The van der Waals surface area contributed by atoms with Crippen LogP contribution in [0.2, 0.25) is 0 Å². The molecule has 0 radical (unpaired) electrons. The van der Waals surface area contributed by atoms with Crippen molar-refractivity contribution in [2.75, 3.05) is 37.0 Å². The lowest BCUT2D eigenvalue weighted by atomic mass is 10.1. The van der Waals surface area contributed by atoms with E-state index < -0.39 is 0 Å². The Bertz CT molecular complexity index is 978. The van der Waals surface area contributed by atoms with E-state index >= 15 is 0 Å². The molecule has 6 nitrogen and oxygen atoms in total. The van der Waals surface area contributed by atoms with Gasteiger partial charge in [0, 0.05) is 30.5 Å². The maximum absolute atomic E-state index is 13.8. The smallest absolute Gasteiger partial charge is 0.249 e. The van der Waals surface area contributed by atoms with Crippen LogP contribution in [0, 0.1) is 32.1 Å². The summed E-state index contributed by atoms with van der Waals surface area (Å²) in [5.41, 5.74) is 4.33. The zero-order valence-electron chi connectivity index (χ0n) is 18.8. The van der Waals surface area contributed by atoms with Gasteiger partial charge in [-0.05, 0) is 77.5 Å². The van der Waals surface area contributed by atoms with Gasteiger partial charge in [-0.15, -0.1) is 0 Å². The number of hydrogen-bond acceptors (Lipinski definition) is 5. The molecule has 3 rings (SSSR count). The predicted molar refractivity (Wildman–Crippen MR) is 121 cm³/mol. The molecule has 0 saturated carbocycles. The first kappa shape index (κ1) is 21.8. The number of nitriles is 1. The molecule has 2 aromatic rings. The van der Waals surface area contributed by atoms with Crippen LogP contribution in [-0.2, 0) is 4.79 Å². The molecule has 1 unspecified atom stereocenters. The summed E-state index contributed by atoms with van der Waals surface area (Å²) in [4.78, 5) is 24.5. The molecule has 0 spiro atoms. The number of benzene rings is 1. The Labute approximate surface area is 179 Å². The standard InChI is InChI=1S/C24H31N5O/c1-7-28(19-10-8-9-16(2)11-19)24(30)22-13-20(27(5)6)15-29(22)23-21(14-25)17(3)12-18(4)26-23/h8-12,20,22H,7,13,15H2,1-6H3/t20-,22?/m0/s1. The van der Waals surface area contributed by atoms with E-state index in [0.717, 1.165) is 22.5 Å². The van der Waals surface area contributed by atoms with Crippen molar-refractivity contribution in [2.24, 2.45) is 0 Å². The summed E-state index contributed by atoms with van der Waals surface area (Å²) in [5.74, 6) is 0.676. The Morgan fingerprint density at radius 1 is 1.27 bits per heavy atom. The quantitative estimate of drug-likeness (QED) is 0.762. The molecule has 1 saturated heterocycles. The van der Waals surface area contributed by atoms with Crippen molar-refractivity contribution in [3.63, 3.8) is 0 Å². The van der Waals surface area contributed by atoms with Crippen molar-refractivity contribution >= 4 is 17.4 Å². The van der Waals surface area contributed by atoms with Gasteiger partial charge in [-0.1, -0.05) is 12.1 Å². The first-order valence-corrected chi connectivity index (χ1v) is 10.5. The Hall–Kier alpha value is -2.91. The van der Waals surface area contributed by atoms with Gasteiger partial charge in [0.1, 0.15) is 17.9 Å². The van der Waals surface area contributed by atoms with E-state index in [1.54, 1.807) is 0 Å². The lowest BCUT2D eigenvalue weighted by molar-refractivity contribution is -0.119. The van der Waals surface area contributed by atoms with Crippen LogP contribution in [-0.4, -0.2) is 55.1 Å². The van der Waals surface area contributed by atoms with Gasteiger partial charge in [-0.25, -0.2) is 4.98 Å². The lowest BCUT2D eigenvalue weighted by Gasteiger charge is -2.31. The van der Waals surface area contributed by atoms with Crippen LogP contribution in [0.1, 0.15) is 35.7 Å². The zero-order chi connectivity index (χ0) is 22.0. The third-order valence-corrected chi connectivity index (χ3v) is 5.90. The minimum absolute atomic E-state index is 0.0531. The van der Waals surface area contributed by atoms with Gasteiger partial charge >= 0.3 is 0 Å². The normalized spacial score (nSPS) is 18.5. The number of aryl methyl sites for hydroxylation is 3. The van der Waals surface area contributed by atoms with Gasteiger partial charge in [0.05, 0.1) is 5.56 Å². The first-order valence-electron chi connectivity index (χ1n) is 10.5. The molecule has 1 aromatic heterocycles. The van der Waals surface area contributed by atoms with Crippen molar-refractivity contribution in [1.29, 1.82) is 5.26 Å². The van der Waals surface area contributed by atoms with E-state index in [2.05, 4.69) is 11.0 Å². The van der Waals surface area contributed by atoms with Gasteiger partial charge in [-0.3, -0.25) is 4.79 Å². The van der Waals surface area contributed by atoms with E-state index in [1.807, 2.05) is 81.9 Å². The Morgan fingerprint density at radius 3 is 2.60 bits per heavy atom. The lowest BCUT2D eigenvalue weighted by Crippen LogP contribution is -2.46. The SMILES string of the molecule is CCN(C(=O)C1C[C@H](N(C)C)CN1c1nc(C)cc(C)c1C#N)c1cccc(C)c1. The molecular weight excluding hydrogens is 374 g/mol. The number of pyridine rings is 1. The average molecular weight is 406 g/mol. The van der Waals surface area contributed by atoms with E-state index in [4.69, 9.17) is 4.98 Å². The molecule has 1 aliphatic rings. The number of aromatic nitrogens is 1. The summed E-state index contributed by atoms with van der Waals surface area (Å²) in [7, 11) is 4.07. The van der Waals surface area contributed by atoms with Crippen molar-refractivity contribution in [2.45, 2.75) is 46.2 Å². The molecule has 2 heterocycles. The van der Waals surface area contributed by atoms with Crippen LogP contribution >= 0.6 is 0 Å². The molecule has 6 heteroatoms. The van der Waals surface area contributed by atoms with Crippen molar-refractivity contribution in [3.05, 3.63) is 52.7 Å². The van der Waals surface area contributed by atoms with Crippen LogP contribution in [0.3, 0.4) is 0 Å². The molecular formula is C24H31N5O. The van der Waals surface area contributed by atoms with Crippen molar-refractivity contribution in [1.82, 2.24) is 9.88 Å². The molecule has 1 aliphatic heterocycles. The number of nitrogens with zero attached hydrogens (tertiary/aromatic N) is 5. The van der Waals surface area contributed by atoms with E-state index in [9.17, 15) is 10.1 Å². The summed E-state index contributed by atoms with van der Waals surface area (Å²) in [6.07, 6.45) is 0.702. The Kier molecular flexibility index (Phi) is 6.42. The van der Waals surface area contributed by atoms with E-state index in [-0.39, 0.29) is 18.0 Å². The molecule has 0 N–H and O–H groups in total. The first-order chi connectivity index (χ1) is 14.3. The molecule has 0 aliphatic carbocycles. The number of rotatable bonds is 5. The highest BCUT2D eigenvalue weighted by molar-refractivity contribution is 5.99. The zero-order valence-corrected chi connectivity index (χ0v) is 18.8. The van der Waals surface area contributed by atoms with Crippen LogP contribution in [0.15, 0.2) is 30.3 Å². The fraction of sp³-hybridized carbons (Fsp3) is 0.458. The number of carbonyl (C=O) groups is 1. The van der Waals surface area contributed by atoms with Gasteiger partial charge in [0.25, 0.3) is 0 Å². The van der Waals surface area contributed by atoms with Gasteiger partial charge in [0.2, 0.25) is 5.91 Å². The second-order valence-electron chi connectivity index (χ2n) is 8.33. The molecule has 1 aromatic carbocycles. The average Bonchev–Trinajstić information content (AvgIpc) is 3.13. The Balaban J connectivity index is 2.05.